The van der Waals surface area contributed by atoms with Crippen LogP contribution in [0.25, 0.3) is 10.9 Å². The molecule has 0 saturated heterocycles. The second kappa shape index (κ2) is 20.5. The fourth-order valence-electron chi connectivity index (χ4n) is 6.37. The van der Waals surface area contributed by atoms with Gasteiger partial charge in [0.1, 0.15) is 24.2 Å². The van der Waals surface area contributed by atoms with Crippen molar-refractivity contribution in [2.75, 3.05) is 10.6 Å². The van der Waals surface area contributed by atoms with Gasteiger partial charge in [0.15, 0.2) is 0 Å². The Balaban J connectivity index is 1.37. The van der Waals surface area contributed by atoms with Crippen LogP contribution in [0.1, 0.15) is 35.6 Å². The fourth-order valence-corrected chi connectivity index (χ4v) is 6.56. The van der Waals surface area contributed by atoms with Gasteiger partial charge in [-0.2, -0.15) is 0 Å². The van der Waals surface area contributed by atoms with Crippen LogP contribution in [0.15, 0.2) is 103 Å². The number of carbonyl (C=O) groups excluding carboxylic acids is 6. The first-order valence-corrected chi connectivity index (χ1v) is 19.2. The van der Waals surface area contributed by atoms with Crippen molar-refractivity contribution >= 4 is 75.4 Å². The van der Waals surface area contributed by atoms with Crippen molar-refractivity contribution in [3.8, 4) is 0 Å². The fraction of sp³-hybridized carbons (Fsp3) is 0.233. The first-order chi connectivity index (χ1) is 28.6. The Morgan fingerprint density at radius 3 is 1.85 bits per heavy atom. The van der Waals surface area contributed by atoms with E-state index in [2.05, 4.69) is 36.9 Å². The summed E-state index contributed by atoms with van der Waals surface area (Å²) in [6.45, 7) is 3.13. The molecule has 0 aliphatic heterocycles. The van der Waals surface area contributed by atoms with E-state index in [0.29, 0.717) is 27.5 Å². The quantitative estimate of drug-likeness (QED) is 0.0628. The summed E-state index contributed by atoms with van der Waals surface area (Å²) < 4.78 is 0. The number of hydrogen-bond acceptors (Lipinski definition) is 7. The maximum atomic E-state index is 14.1. The molecule has 17 heteroatoms. The standard InChI is InChI=1S/C43H45ClN8O8/c1-24-11-13-26(14-12-24)19-34(39(45)56)49-42(59)37(22-38(54)55)51-40(57)35(20-27-15-17-29(18-16-27)48-43(60)52-33-10-6-4-8-31(33)44)50-41(58)36(47-25(2)53)21-28-23-46-32-9-5-3-7-30(28)32/h3-18,23,34-37,46H,19-22H2,1-2H3,(H2,45,56)(H,47,53)(H,49,59)(H,50,58)(H,51,57)(H,54,55)(H2,48,52,60)/t34-,35?,36+,37+/m1/s1. The molecule has 60 heavy (non-hydrogen) atoms. The molecule has 4 aromatic carbocycles. The van der Waals surface area contributed by atoms with E-state index < -0.39 is 72.1 Å². The zero-order valence-corrected chi connectivity index (χ0v) is 33.5. The Morgan fingerprint density at radius 1 is 0.667 bits per heavy atom. The lowest BCUT2D eigenvalue weighted by molar-refractivity contribution is -0.141. The van der Waals surface area contributed by atoms with Gasteiger partial charge in [-0.05, 0) is 53.9 Å². The number of benzene rings is 4. The molecule has 0 aliphatic carbocycles. The summed E-state index contributed by atoms with van der Waals surface area (Å²) in [5.74, 6) is -5.49. The highest BCUT2D eigenvalue weighted by molar-refractivity contribution is 6.33. The number of para-hydroxylation sites is 2. The number of urea groups is 1. The Kier molecular flexibility index (Phi) is 15.0. The third-order valence-electron chi connectivity index (χ3n) is 9.43. The summed E-state index contributed by atoms with van der Waals surface area (Å²) >= 11 is 6.15. The van der Waals surface area contributed by atoms with Gasteiger partial charge in [0.05, 0.1) is 17.1 Å². The number of rotatable bonds is 18. The van der Waals surface area contributed by atoms with Gasteiger partial charge in [-0.1, -0.05) is 83.9 Å². The second-order valence-corrected chi connectivity index (χ2v) is 14.6. The monoisotopic (exact) mass is 836 g/mol. The SMILES string of the molecule is CC(=O)N[C@@H](Cc1c[nH]c2ccccc12)C(=O)NC(Cc1ccc(NC(=O)Nc2ccccc2Cl)cc1)C(=O)N[C@@H](CC(=O)O)C(=O)N[C@H](Cc1ccc(C)cc1)C(N)=O. The molecule has 0 aliphatic rings. The van der Waals surface area contributed by atoms with Gasteiger partial charge >= 0.3 is 12.0 Å². The number of amides is 7. The summed E-state index contributed by atoms with van der Waals surface area (Å²) in [6.07, 6.45) is 0.706. The smallest absolute Gasteiger partial charge is 0.323 e. The third-order valence-corrected chi connectivity index (χ3v) is 9.76. The zero-order chi connectivity index (χ0) is 43.3. The Labute approximate surface area is 350 Å². The molecule has 5 rings (SSSR count). The number of primary amides is 1. The molecule has 1 heterocycles. The number of carboxylic acid groups (broad SMARTS) is 1. The number of carbonyl (C=O) groups is 7. The molecule has 10 N–H and O–H groups in total. The van der Waals surface area contributed by atoms with Crippen molar-refractivity contribution in [2.24, 2.45) is 5.73 Å². The van der Waals surface area contributed by atoms with Gasteiger partial charge in [-0.25, -0.2) is 4.79 Å². The average molecular weight is 837 g/mol. The Hall–Kier alpha value is -7.20. The number of nitrogens with two attached hydrogens (primary N) is 1. The normalized spacial score (nSPS) is 12.8. The van der Waals surface area contributed by atoms with Crippen molar-refractivity contribution in [3.05, 3.63) is 131 Å². The number of hydrogen-bond donors (Lipinski definition) is 9. The lowest BCUT2D eigenvalue weighted by Crippen LogP contribution is -2.59. The van der Waals surface area contributed by atoms with E-state index in [9.17, 15) is 38.7 Å². The topological polar surface area (TPSA) is 254 Å². The van der Waals surface area contributed by atoms with Gasteiger partial charge in [0, 0.05) is 49.0 Å². The molecule has 312 valence electrons. The molecule has 1 unspecified atom stereocenters. The predicted octanol–water partition coefficient (Wildman–Crippen LogP) is 3.72. The first-order valence-electron chi connectivity index (χ1n) is 18.9. The van der Waals surface area contributed by atoms with Crippen molar-refractivity contribution in [3.63, 3.8) is 0 Å². The van der Waals surface area contributed by atoms with E-state index in [4.69, 9.17) is 17.3 Å². The minimum absolute atomic E-state index is 0.00124. The van der Waals surface area contributed by atoms with Crippen LogP contribution in [0, 0.1) is 6.92 Å². The lowest BCUT2D eigenvalue weighted by atomic mass is 10.0. The molecule has 5 aromatic rings. The first kappa shape index (κ1) is 43.9. The second-order valence-electron chi connectivity index (χ2n) is 14.2. The number of nitrogens with one attached hydrogen (secondary N) is 7. The number of carboxylic acids is 1. The maximum Gasteiger partial charge on any atom is 0.323 e. The van der Waals surface area contributed by atoms with Gasteiger partial charge in [-0.3, -0.25) is 28.8 Å². The predicted molar refractivity (Wildman–Crippen MR) is 226 cm³/mol. The lowest BCUT2D eigenvalue weighted by Gasteiger charge is -2.26. The molecule has 16 nitrogen and oxygen atoms in total. The summed E-state index contributed by atoms with van der Waals surface area (Å²) in [5, 5.41) is 26.5. The minimum Gasteiger partial charge on any atom is -0.481 e. The number of halogens is 1. The number of anilines is 2. The van der Waals surface area contributed by atoms with Crippen molar-refractivity contribution in [2.45, 2.75) is 63.7 Å². The van der Waals surface area contributed by atoms with E-state index in [1.807, 2.05) is 43.3 Å². The molecule has 1 aromatic heterocycles. The number of aromatic amines is 1. The molecular formula is C43H45ClN8O8. The van der Waals surface area contributed by atoms with Crippen LogP contribution in [0.4, 0.5) is 16.2 Å². The number of aromatic nitrogens is 1. The van der Waals surface area contributed by atoms with Crippen LogP contribution in [-0.2, 0) is 48.0 Å². The molecule has 0 saturated carbocycles. The molecule has 7 amide bonds. The van der Waals surface area contributed by atoms with Crippen LogP contribution >= 0.6 is 11.6 Å². The summed E-state index contributed by atoms with van der Waals surface area (Å²) in [5.41, 5.74) is 10.0. The van der Waals surface area contributed by atoms with Crippen LogP contribution in [0.5, 0.6) is 0 Å². The summed E-state index contributed by atoms with van der Waals surface area (Å²) in [7, 11) is 0. The third kappa shape index (κ3) is 12.6. The molecule has 0 fully saturated rings. The average Bonchev–Trinajstić information content (AvgIpc) is 3.61. The highest BCUT2D eigenvalue weighted by Gasteiger charge is 2.32. The molecule has 4 atom stereocenters. The Morgan fingerprint density at radius 2 is 1.22 bits per heavy atom. The molecular weight excluding hydrogens is 792 g/mol. The Bertz CT molecular complexity index is 2370. The van der Waals surface area contributed by atoms with E-state index in [0.717, 1.165) is 22.0 Å². The van der Waals surface area contributed by atoms with Crippen molar-refractivity contribution < 1.29 is 38.7 Å². The van der Waals surface area contributed by atoms with E-state index in [1.165, 1.54) is 6.92 Å². The molecule has 0 radical (unpaired) electrons. The minimum atomic E-state index is -1.70. The van der Waals surface area contributed by atoms with Crippen LogP contribution < -0.4 is 37.6 Å². The number of aryl methyl sites for hydroxylation is 1. The number of fused-ring (bicyclic) bond motifs is 1. The highest BCUT2D eigenvalue weighted by Crippen LogP contribution is 2.22. The maximum absolute atomic E-state index is 14.1. The van der Waals surface area contributed by atoms with Gasteiger partial charge < -0.3 is 47.7 Å². The highest BCUT2D eigenvalue weighted by atomic mass is 35.5. The van der Waals surface area contributed by atoms with E-state index in [-0.39, 0.29) is 19.3 Å². The van der Waals surface area contributed by atoms with E-state index in [1.54, 1.807) is 66.9 Å². The van der Waals surface area contributed by atoms with Crippen LogP contribution in [-0.4, -0.2) is 75.8 Å². The van der Waals surface area contributed by atoms with Crippen molar-refractivity contribution in [1.29, 1.82) is 0 Å². The summed E-state index contributed by atoms with van der Waals surface area (Å²) in [4.78, 5) is 94.2. The van der Waals surface area contributed by atoms with Crippen LogP contribution in [0.2, 0.25) is 5.02 Å². The van der Waals surface area contributed by atoms with Gasteiger partial charge in [0.2, 0.25) is 29.5 Å². The van der Waals surface area contributed by atoms with Crippen molar-refractivity contribution in [1.82, 2.24) is 26.3 Å². The van der Waals surface area contributed by atoms with Gasteiger partial charge in [0.25, 0.3) is 0 Å². The molecule has 0 spiro atoms. The number of H-pyrrole nitrogens is 1. The largest absolute Gasteiger partial charge is 0.481 e. The zero-order valence-electron chi connectivity index (χ0n) is 32.7. The van der Waals surface area contributed by atoms with Gasteiger partial charge in [-0.15, -0.1) is 0 Å². The number of aliphatic carboxylic acids is 1. The molecule has 0 bridgehead atoms. The van der Waals surface area contributed by atoms with E-state index >= 15 is 0 Å². The summed E-state index contributed by atoms with van der Waals surface area (Å²) in [6, 6.07) is 21.4. The van der Waals surface area contributed by atoms with Crippen LogP contribution in [0.3, 0.4) is 0 Å².